The molecule has 0 saturated carbocycles. The summed E-state index contributed by atoms with van der Waals surface area (Å²) in [6, 6.07) is 12.6. The summed E-state index contributed by atoms with van der Waals surface area (Å²) >= 11 is 0. The molecule has 1 unspecified atom stereocenters. The number of aliphatic hydroxyl groups is 1. The number of halogens is 1. The Balaban J connectivity index is 2.14. The topological polar surface area (TPSA) is 113 Å². The van der Waals surface area contributed by atoms with Crippen molar-refractivity contribution in [2.24, 2.45) is 5.92 Å². The van der Waals surface area contributed by atoms with Crippen molar-refractivity contribution in [2.75, 3.05) is 13.2 Å². The smallest absolute Gasteiger partial charge is 0.394 e. The zero-order chi connectivity index (χ0) is 23.5. The molecule has 1 amide bonds. The second kappa shape index (κ2) is 12.6. The van der Waals surface area contributed by atoms with E-state index in [2.05, 4.69) is 5.32 Å². The van der Waals surface area contributed by atoms with Crippen molar-refractivity contribution in [3.8, 4) is 11.1 Å². The van der Waals surface area contributed by atoms with Crippen LogP contribution in [0.2, 0.25) is 0 Å². The summed E-state index contributed by atoms with van der Waals surface area (Å²) in [6.07, 6.45) is 1.76. The molecular weight excluding hydrogens is 417 g/mol. The van der Waals surface area contributed by atoms with E-state index in [4.69, 9.17) is 9.84 Å². The summed E-state index contributed by atoms with van der Waals surface area (Å²) < 4.78 is 19.2. The van der Waals surface area contributed by atoms with Gasteiger partial charge in [0.2, 0.25) is 0 Å². The van der Waals surface area contributed by atoms with Crippen LogP contribution in [0.3, 0.4) is 0 Å². The van der Waals surface area contributed by atoms with Crippen LogP contribution in [-0.2, 0) is 25.5 Å². The maximum atomic E-state index is 14.0. The molecule has 0 fully saturated rings. The number of ether oxygens (including phenoxy) is 1. The average Bonchev–Trinajstić information content (AvgIpc) is 2.78. The predicted octanol–water partition coefficient (Wildman–Crippen LogP) is 2.95. The first-order valence-electron chi connectivity index (χ1n) is 10.5. The van der Waals surface area contributed by atoms with Crippen molar-refractivity contribution in [3.05, 3.63) is 59.9 Å². The Morgan fingerprint density at radius 2 is 1.78 bits per heavy atom. The minimum atomic E-state index is -1.64. The number of carboxylic acid groups (broad SMARTS) is 1. The van der Waals surface area contributed by atoms with Crippen LogP contribution >= 0.6 is 0 Å². The number of rotatable bonds is 11. The fraction of sp³-hybridized carbons (Fsp3) is 0.375. The molecule has 0 aromatic heterocycles. The summed E-state index contributed by atoms with van der Waals surface area (Å²) in [4.78, 5) is 35.0. The molecule has 0 aliphatic carbocycles. The number of nitrogens with one attached hydrogen (secondary N) is 1. The quantitative estimate of drug-likeness (QED) is 0.278. The van der Waals surface area contributed by atoms with Gasteiger partial charge in [-0.15, -0.1) is 0 Å². The second-order valence-electron chi connectivity index (χ2n) is 7.49. The van der Waals surface area contributed by atoms with E-state index < -0.39 is 36.4 Å². The van der Waals surface area contributed by atoms with E-state index >= 15 is 0 Å². The van der Waals surface area contributed by atoms with Gasteiger partial charge >= 0.3 is 17.8 Å². The van der Waals surface area contributed by atoms with Crippen molar-refractivity contribution < 1.29 is 33.7 Å². The number of carboxylic acids is 1. The zero-order valence-electron chi connectivity index (χ0n) is 17.9. The van der Waals surface area contributed by atoms with Crippen LogP contribution in [-0.4, -0.2) is 47.3 Å². The van der Waals surface area contributed by atoms with E-state index in [0.29, 0.717) is 17.5 Å². The Labute approximate surface area is 186 Å². The highest BCUT2D eigenvalue weighted by Gasteiger charge is 2.26. The summed E-state index contributed by atoms with van der Waals surface area (Å²) in [5, 5.41) is 21.0. The molecular formula is C24H28FNO6. The van der Waals surface area contributed by atoms with Gasteiger partial charge in [-0.25, -0.2) is 9.18 Å². The second-order valence-corrected chi connectivity index (χ2v) is 7.49. The lowest BCUT2D eigenvalue weighted by molar-refractivity contribution is -0.151. The van der Waals surface area contributed by atoms with Gasteiger partial charge in [-0.05, 0) is 36.5 Å². The molecule has 0 aliphatic heterocycles. The predicted molar refractivity (Wildman–Crippen MR) is 116 cm³/mol. The van der Waals surface area contributed by atoms with Crippen LogP contribution in [0.25, 0.3) is 11.1 Å². The molecule has 0 spiro atoms. The highest BCUT2D eigenvalue weighted by Crippen LogP contribution is 2.23. The molecule has 0 saturated heterocycles. The standard InChI is InChI=1S/C24H28FNO6/c1-2-3-12-32-24(31)18(15-27)14-19(26-22(28)23(29)30)13-16-8-10-17(11-9-16)20-6-4-5-7-21(20)25/h4-11,18-19,27H,2-3,12-15H2,1H3,(H,26,28)(H,29,30)/t18?,19-/m1/s1. The van der Waals surface area contributed by atoms with Gasteiger partial charge in [0.05, 0.1) is 19.1 Å². The summed E-state index contributed by atoms with van der Waals surface area (Å²) in [5.74, 6) is -4.68. The van der Waals surface area contributed by atoms with E-state index in [9.17, 15) is 23.9 Å². The maximum Gasteiger partial charge on any atom is 0.394 e. The molecule has 2 aromatic carbocycles. The number of carbonyl (C=O) groups excluding carboxylic acids is 2. The fourth-order valence-corrected chi connectivity index (χ4v) is 3.26. The van der Waals surface area contributed by atoms with Crippen LogP contribution < -0.4 is 5.32 Å². The Morgan fingerprint density at radius 3 is 2.38 bits per heavy atom. The Hall–Kier alpha value is -3.26. The van der Waals surface area contributed by atoms with Gasteiger partial charge in [0.15, 0.2) is 0 Å². The number of carbonyl (C=O) groups is 3. The third-order valence-electron chi connectivity index (χ3n) is 5.02. The summed E-state index contributed by atoms with van der Waals surface area (Å²) in [6.45, 7) is 1.69. The van der Waals surface area contributed by atoms with Crippen molar-refractivity contribution in [1.29, 1.82) is 0 Å². The molecule has 2 aromatic rings. The number of aliphatic hydroxyl groups excluding tert-OH is 1. The monoisotopic (exact) mass is 445 g/mol. The van der Waals surface area contributed by atoms with E-state index in [1.165, 1.54) is 6.07 Å². The number of hydrogen-bond acceptors (Lipinski definition) is 5. The number of esters is 1. The van der Waals surface area contributed by atoms with Crippen LogP contribution in [0.1, 0.15) is 31.7 Å². The van der Waals surface area contributed by atoms with E-state index in [-0.39, 0.29) is 25.3 Å². The third kappa shape index (κ3) is 7.46. The maximum absolute atomic E-state index is 14.0. The van der Waals surface area contributed by atoms with E-state index in [0.717, 1.165) is 12.0 Å². The van der Waals surface area contributed by atoms with E-state index in [1.807, 2.05) is 6.92 Å². The lowest BCUT2D eigenvalue weighted by Crippen LogP contribution is -2.43. The lowest BCUT2D eigenvalue weighted by Gasteiger charge is -2.22. The first-order chi connectivity index (χ1) is 15.3. The Bertz CT molecular complexity index is 915. The number of unbranched alkanes of at least 4 members (excludes halogenated alkanes) is 1. The van der Waals surface area contributed by atoms with Crippen molar-refractivity contribution in [2.45, 2.75) is 38.6 Å². The van der Waals surface area contributed by atoms with Crippen LogP contribution in [0.15, 0.2) is 48.5 Å². The molecule has 32 heavy (non-hydrogen) atoms. The third-order valence-corrected chi connectivity index (χ3v) is 5.02. The molecule has 172 valence electrons. The molecule has 2 rings (SSSR count). The fourth-order valence-electron chi connectivity index (χ4n) is 3.26. The molecule has 7 nitrogen and oxygen atoms in total. The highest BCUT2D eigenvalue weighted by atomic mass is 19.1. The Morgan fingerprint density at radius 1 is 1.09 bits per heavy atom. The molecule has 0 bridgehead atoms. The first-order valence-corrected chi connectivity index (χ1v) is 10.5. The van der Waals surface area contributed by atoms with Crippen LogP contribution in [0.4, 0.5) is 4.39 Å². The minimum Gasteiger partial charge on any atom is -0.474 e. The number of aliphatic carboxylic acids is 1. The van der Waals surface area contributed by atoms with E-state index in [1.54, 1.807) is 42.5 Å². The molecule has 8 heteroatoms. The molecule has 3 N–H and O–H groups in total. The van der Waals surface area contributed by atoms with Gasteiger partial charge in [-0.2, -0.15) is 0 Å². The van der Waals surface area contributed by atoms with Crippen LogP contribution in [0.5, 0.6) is 0 Å². The van der Waals surface area contributed by atoms with Crippen molar-refractivity contribution in [1.82, 2.24) is 5.32 Å². The van der Waals surface area contributed by atoms with Crippen molar-refractivity contribution >= 4 is 17.8 Å². The van der Waals surface area contributed by atoms with Gasteiger partial charge in [0, 0.05) is 11.6 Å². The lowest BCUT2D eigenvalue weighted by atomic mass is 9.94. The SMILES string of the molecule is CCCCOC(=O)C(CO)C[C@@H](Cc1ccc(-c2ccccc2F)cc1)NC(=O)C(=O)O. The van der Waals surface area contributed by atoms with Gasteiger partial charge in [0.25, 0.3) is 0 Å². The average molecular weight is 445 g/mol. The molecule has 0 aliphatic rings. The number of hydrogen-bond donors (Lipinski definition) is 3. The zero-order valence-corrected chi connectivity index (χ0v) is 17.9. The number of amides is 1. The summed E-state index contributed by atoms with van der Waals surface area (Å²) in [7, 11) is 0. The van der Waals surface area contributed by atoms with Gasteiger partial charge in [-0.1, -0.05) is 55.8 Å². The molecule has 0 radical (unpaired) electrons. The number of benzene rings is 2. The van der Waals surface area contributed by atoms with Crippen molar-refractivity contribution in [3.63, 3.8) is 0 Å². The van der Waals surface area contributed by atoms with Gasteiger partial charge < -0.3 is 20.3 Å². The van der Waals surface area contributed by atoms with Crippen LogP contribution in [0, 0.1) is 11.7 Å². The molecule has 2 atom stereocenters. The minimum absolute atomic E-state index is 0.00947. The molecule has 0 heterocycles. The van der Waals surface area contributed by atoms with Gasteiger partial charge in [-0.3, -0.25) is 9.59 Å². The summed E-state index contributed by atoms with van der Waals surface area (Å²) in [5.41, 5.74) is 1.87. The first kappa shape index (κ1) is 25.0. The normalized spacial score (nSPS) is 12.6. The highest BCUT2D eigenvalue weighted by molar-refractivity contribution is 6.31. The largest absolute Gasteiger partial charge is 0.474 e. The Kier molecular flexibility index (Phi) is 9.81. The van der Waals surface area contributed by atoms with Gasteiger partial charge in [0.1, 0.15) is 5.82 Å².